The molecule has 0 unspecified atom stereocenters. The molecule has 0 aliphatic rings. The highest BCUT2D eigenvalue weighted by atomic mass is 79.9. The summed E-state index contributed by atoms with van der Waals surface area (Å²) in [5.74, 6) is 1.98. The van der Waals surface area contributed by atoms with Gasteiger partial charge in [0.15, 0.2) is 17.5 Å². The van der Waals surface area contributed by atoms with E-state index in [0.717, 1.165) is 10.0 Å². The predicted octanol–water partition coefficient (Wildman–Crippen LogP) is 3.46. The molecule has 1 aromatic carbocycles. The van der Waals surface area contributed by atoms with Crippen molar-refractivity contribution in [2.45, 2.75) is 13.3 Å². The van der Waals surface area contributed by atoms with Crippen LogP contribution in [-0.2, 0) is 11.2 Å². The van der Waals surface area contributed by atoms with E-state index in [1.165, 1.54) is 0 Å². The van der Waals surface area contributed by atoms with E-state index in [2.05, 4.69) is 41.9 Å². The van der Waals surface area contributed by atoms with Crippen LogP contribution >= 0.6 is 15.9 Å². The zero-order valence-electron chi connectivity index (χ0n) is 12.8. The lowest BCUT2D eigenvalue weighted by Crippen LogP contribution is -2.15. The van der Waals surface area contributed by atoms with E-state index in [1.807, 2.05) is 24.3 Å². The second-order valence-electron chi connectivity index (χ2n) is 5.11. The Labute approximate surface area is 146 Å². The van der Waals surface area contributed by atoms with Crippen molar-refractivity contribution in [1.82, 2.24) is 15.4 Å². The Kier molecular flexibility index (Phi) is 4.85. The molecule has 122 valence electrons. The lowest BCUT2D eigenvalue weighted by atomic mass is 10.1. The molecule has 0 saturated carbocycles. The van der Waals surface area contributed by atoms with Crippen molar-refractivity contribution in [2.75, 3.05) is 10.6 Å². The Hall–Kier alpha value is -2.74. The number of carbonyl (C=O) groups excluding carboxylic acids is 1. The predicted molar refractivity (Wildman–Crippen MR) is 93.0 cm³/mol. The van der Waals surface area contributed by atoms with Crippen LogP contribution < -0.4 is 10.6 Å². The van der Waals surface area contributed by atoms with E-state index in [9.17, 15) is 4.79 Å². The third-order valence-electron chi connectivity index (χ3n) is 3.07. The summed E-state index contributed by atoms with van der Waals surface area (Å²) in [4.78, 5) is 12.0. The Morgan fingerprint density at radius 1 is 1.12 bits per heavy atom. The second kappa shape index (κ2) is 7.22. The fourth-order valence-electron chi connectivity index (χ4n) is 2.04. The zero-order chi connectivity index (χ0) is 16.9. The molecule has 0 fully saturated rings. The SMILES string of the molecule is Cc1cc(Nc2ccc(NC(=O)Cc3cccc(Br)c3)nn2)no1. The molecule has 1 amide bonds. The van der Waals surface area contributed by atoms with E-state index in [-0.39, 0.29) is 12.3 Å². The molecule has 0 spiro atoms. The summed E-state index contributed by atoms with van der Waals surface area (Å²) in [7, 11) is 0. The van der Waals surface area contributed by atoms with Gasteiger partial charge in [0.2, 0.25) is 5.91 Å². The minimum atomic E-state index is -0.157. The number of hydrogen-bond donors (Lipinski definition) is 2. The smallest absolute Gasteiger partial charge is 0.229 e. The van der Waals surface area contributed by atoms with Crippen LogP contribution in [0.4, 0.5) is 17.5 Å². The maximum Gasteiger partial charge on any atom is 0.229 e. The van der Waals surface area contributed by atoms with Crippen LogP contribution in [0.1, 0.15) is 11.3 Å². The molecule has 3 aromatic rings. The number of carbonyl (C=O) groups is 1. The molecule has 2 aromatic heterocycles. The molecule has 24 heavy (non-hydrogen) atoms. The number of nitrogens with one attached hydrogen (secondary N) is 2. The Morgan fingerprint density at radius 3 is 2.58 bits per heavy atom. The Morgan fingerprint density at radius 2 is 1.92 bits per heavy atom. The van der Waals surface area contributed by atoms with Crippen LogP contribution in [0.5, 0.6) is 0 Å². The number of benzene rings is 1. The van der Waals surface area contributed by atoms with Crippen LogP contribution in [0.2, 0.25) is 0 Å². The minimum absolute atomic E-state index is 0.157. The van der Waals surface area contributed by atoms with Crippen molar-refractivity contribution in [3.05, 3.63) is 58.3 Å². The number of hydrogen-bond acceptors (Lipinski definition) is 6. The first-order chi connectivity index (χ1) is 11.6. The summed E-state index contributed by atoms with van der Waals surface area (Å²) in [6.45, 7) is 1.80. The van der Waals surface area contributed by atoms with Crippen molar-refractivity contribution in [1.29, 1.82) is 0 Å². The number of amides is 1. The van der Waals surface area contributed by atoms with Crippen molar-refractivity contribution in [3.8, 4) is 0 Å². The molecular formula is C16H14BrN5O2. The number of halogens is 1. The van der Waals surface area contributed by atoms with Gasteiger partial charge in [-0.1, -0.05) is 33.2 Å². The Bertz CT molecular complexity index is 848. The van der Waals surface area contributed by atoms with Crippen molar-refractivity contribution in [2.24, 2.45) is 0 Å². The number of aryl methyl sites for hydroxylation is 1. The van der Waals surface area contributed by atoms with Gasteiger partial charge < -0.3 is 15.2 Å². The van der Waals surface area contributed by atoms with Gasteiger partial charge in [-0.05, 0) is 36.8 Å². The zero-order valence-corrected chi connectivity index (χ0v) is 14.4. The van der Waals surface area contributed by atoms with Crippen molar-refractivity contribution in [3.63, 3.8) is 0 Å². The van der Waals surface area contributed by atoms with Gasteiger partial charge in [0.05, 0.1) is 6.42 Å². The van der Waals surface area contributed by atoms with E-state index >= 15 is 0 Å². The first-order valence-corrected chi connectivity index (χ1v) is 7.96. The average Bonchev–Trinajstić information content (AvgIpc) is 2.94. The summed E-state index contributed by atoms with van der Waals surface area (Å²) >= 11 is 3.38. The Balaban J connectivity index is 1.58. The minimum Gasteiger partial charge on any atom is -0.360 e. The van der Waals surface area contributed by atoms with Gasteiger partial charge in [-0.3, -0.25) is 4.79 Å². The molecule has 0 bridgehead atoms. The standard InChI is InChI=1S/C16H14BrN5O2/c1-10-7-15(22-24-10)18-13-5-6-14(21-20-13)19-16(23)9-11-3-2-4-12(17)8-11/h2-8H,9H2,1H3,(H,18,20,22)(H,19,21,23). The molecule has 0 saturated heterocycles. The molecule has 0 radical (unpaired) electrons. The normalized spacial score (nSPS) is 10.4. The summed E-state index contributed by atoms with van der Waals surface area (Å²) in [6.07, 6.45) is 0.263. The van der Waals surface area contributed by atoms with Gasteiger partial charge in [0.1, 0.15) is 5.76 Å². The third-order valence-corrected chi connectivity index (χ3v) is 3.56. The van der Waals surface area contributed by atoms with E-state index in [0.29, 0.717) is 23.2 Å². The fraction of sp³-hybridized carbons (Fsp3) is 0.125. The fourth-order valence-corrected chi connectivity index (χ4v) is 2.49. The van der Waals surface area contributed by atoms with Crippen LogP contribution in [0.15, 0.2) is 51.5 Å². The highest BCUT2D eigenvalue weighted by Gasteiger charge is 2.07. The number of aromatic nitrogens is 3. The summed E-state index contributed by atoms with van der Waals surface area (Å²) in [5.41, 5.74) is 0.912. The van der Waals surface area contributed by atoms with Crippen LogP contribution in [0, 0.1) is 6.92 Å². The maximum absolute atomic E-state index is 12.0. The maximum atomic E-state index is 12.0. The van der Waals surface area contributed by atoms with Crippen LogP contribution in [-0.4, -0.2) is 21.3 Å². The molecule has 0 atom stereocenters. The largest absolute Gasteiger partial charge is 0.360 e. The monoisotopic (exact) mass is 387 g/mol. The molecule has 2 N–H and O–H groups in total. The quantitative estimate of drug-likeness (QED) is 0.696. The molecule has 2 heterocycles. The molecule has 3 rings (SSSR count). The van der Waals surface area contributed by atoms with E-state index in [4.69, 9.17) is 4.52 Å². The van der Waals surface area contributed by atoms with Crippen molar-refractivity contribution >= 4 is 39.3 Å². The number of nitrogens with zero attached hydrogens (tertiary/aromatic N) is 3. The van der Waals surface area contributed by atoms with Gasteiger partial charge in [-0.25, -0.2) is 0 Å². The highest BCUT2D eigenvalue weighted by Crippen LogP contribution is 2.15. The summed E-state index contributed by atoms with van der Waals surface area (Å²) < 4.78 is 5.89. The van der Waals surface area contributed by atoms with Gasteiger partial charge in [0.25, 0.3) is 0 Å². The highest BCUT2D eigenvalue weighted by molar-refractivity contribution is 9.10. The molecule has 0 aliphatic heterocycles. The van der Waals surface area contributed by atoms with E-state index in [1.54, 1.807) is 25.1 Å². The van der Waals surface area contributed by atoms with Crippen molar-refractivity contribution < 1.29 is 9.32 Å². The second-order valence-corrected chi connectivity index (χ2v) is 6.02. The topological polar surface area (TPSA) is 92.9 Å². The lowest BCUT2D eigenvalue weighted by molar-refractivity contribution is -0.115. The number of anilines is 3. The first kappa shape index (κ1) is 16.1. The molecule has 0 aliphatic carbocycles. The number of rotatable bonds is 5. The van der Waals surface area contributed by atoms with Gasteiger partial charge in [0, 0.05) is 10.5 Å². The lowest BCUT2D eigenvalue weighted by Gasteiger charge is -2.05. The molecular weight excluding hydrogens is 374 g/mol. The molecule has 7 nitrogen and oxygen atoms in total. The summed E-state index contributed by atoms with van der Waals surface area (Å²) in [6, 6.07) is 12.7. The van der Waals surface area contributed by atoms with Crippen LogP contribution in [0.25, 0.3) is 0 Å². The van der Waals surface area contributed by atoms with Gasteiger partial charge in [-0.2, -0.15) is 0 Å². The van der Waals surface area contributed by atoms with Gasteiger partial charge >= 0.3 is 0 Å². The first-order valence-electron chi connectivity index (χ1n) is 7.17. The van der Waals surface area contributed by atoms with Gasteiger partial charge in [-0.15, -0.1) is 10.2 Å². The molecule has 8 heteroatoms. The summed E-state index contributed by atoms with van der Waals surface area (Å²) in [5, 5.41) is 17.4. The average molecular weight is 388 g/mol. The third kappa shape index (κ3) is 4.39. The van der Waals surface area contributed by atoms with Crippen LogP contribution in [0.3, 0.4) is 0 Å². The van der Waals surface area contributed by atoms with E-state index < -0.39 is 0 Å².